The van der Waals surface area contributed by atoms with Gasteiger partial charge in [0, 0.05) is 11.6 Å². The number of benzene rings is 1. The molecule has 1 rings (SSSR count). The van der Waals surface area contributed by atoms with E-state index in [9.17, 15) is 5.11 Å². The highest BCUT2D eigenvalue weighted by atomic mass is 35.5. The second-order valence-electron chi connectivity index (χ2n) is 4.93. The van der Waals surface area contributed by atoms with Gasteiger partial charge in [-0.1, -0.05) is 13.8 Å². The summed E-state index contributed by atoms with van der Waals surface area (Å²) < 4.78 is 10.6. The quantitative estimate of drug-likeness (QED) is 0.799. The van der Waals surface area contributed by atoms with Gasteiger partial charge in [0.05, 0.1) is 20.3 Å². The highest BCUT2D eigenvalue weighted by molar-refractivity contribution is 5.85. The number of aliphatic hydroxyl groups is 1. The molecule has 0 aliphatic heterocycles. The molecule has 0 saturated heterocycles. The Morgan fingerprint density at radius 3 is 2.24 bits per heavy atom. The summed E-state index contributed by atoms with van der Waals surface area (Å²) in [5.41, 5.74) is 0.783. The zero-order valence-electron chi connectivity index (χ0n) is 13.6. The van der Waals surface area contributed by atoms with Crippen molar-refractivity contribution in [1.82, 2.24) is 4.90 Å². The summed E-state index contributed by atoms with van der Waals surface area (Å²) in [6.45, 7) is 8.39. The van der Waals surface area contributed by atoms with E-state index in [0.29, 0.717) is 18.2 Å². The van der Waals surface area contributed by atoms with E-state index in [4.69, 9.17) is 9.47 Å². The number of hydrogen-bond acceptors (Lipinski definition) is 4. The zero-order valence-corrected chi connectivity index (χ0v) is 14.4. The molecule has 21 heavy (non-hydrogen) atoms. The van der Waals surface area contributed by atoms with Gasteiger partial charge in [-0.25, -0.2) is 0 Å². The first-order valence-electron chi connectivity index (χ1n) is 7.21. The predicted octanol–water partition coefficient (Wildman–Crippen LogP) is 3.28. The number of ether oxygens (including phenoxy) is 2. The van der Waals surface area contributed by atoms with Crippen LogP contribution in [0.4, 0.5) is 0 Å². The summed E-state index contributed by atoms with van der Waals surface area (Å²) in [6.07, 6.45) is 0.112. The van der Waals surface area contributed by atoms with E-state index < -0.39 is 6.10 Å². The molecule has 0 heterocycles. The fourth-order valence-electron chi connectivity index (χ4n) is 2.55. The molecule has 0 saturated carbocycles. The Morgan fingerprint density at radius 2 is 1.76 bits per heavy atom. The second kappa shape index (κ2) is 9.87. The van der Waals surface area contributed by atoms with Crippen LogP contribution in [0.25, 0.3) is 0 Å². The van der Waals surface area contributed by atoms with Crippen LogP contribution in [-0.2, 0) is 0 Å². The molecule has 0 fully saturated rings. The van der Waals surface area contributed by atoms with E-state index >= 15 is 0 Å². The Labute approximate surface area is 134 Å². The van der Waals surface area contributed by atoms with E-state index in [1.807, 2.05) is 18.2 Å². The van der Waals surface area contributed by atoms with Gasteiger partial charge in [0.15, 0.2) is 0 Å². The van der Waals surface area contributed by atoms with Crippen molar-refractivity contribution in [3.05, 3.63) is 23.8 Å². The standard InChI is InChI=1S/C16H27NO3.ClH/c1-6-17(7-2)12(3)10-15(18)14-11-13(19-4)8-9-16(14)20-5;/h8-9,11-12,15,18H,6-7,10H2,1-5H3;1H. The first-order valence-corrected chi connectivity index (χ1v) is 7.21. The van der Waals surface area contributed by atoms with Gasteiger partial charge in [0.25, 0.3) is 0 Å². The molecule has 1 N–H and O–H groups in total. The fraction of sp³-hybridized carbons (Fsp3) is 0.625. The fourth-order valence-corrected chi connectivity index (χ4v) is 2.55. The SMILES string of the molecule is CCN(CC)C(C)CC(O)c1cc(OC)ccc1OC.Cl. The molecule has 2 unspecified atom stereocenters. The molecule has 0 aliphatic rings. The van der Waals surface area contributed by atoms with Crippen molar-refractivity contribution in [3.8, 4) is 11.5 Å². The average Bonchev–Trinajstić information content (AvgIpc) is 2.47. The third-order valence-corrected chi connectivity index (χ3v) is 3.80. The number of aliphatic hydroxyl groups excluding tert-OH is 1. The van der Waals surface area contributed by atoms with Crippen molar-refractivity contribution in [2.75, 3.05) is 27.3 Å². The van der Waals surface area contributed by atoms with Crippen LogP contribution in [-0.4, -0.2) is 43.4 Å². The monoisotopic (exact) mass is 317 g/mol. The first-order chi connectivity index (χ1) is 9.57. The largest absolute Gasteiger partial charge is 0.497 e. The van der Waals surface area contributed by atoms with Gasteiger partial charge < -0.3 is 19.5 Å². The van der Waals surface area contributed by atoms with Crippen LogP contribution in [0.1, 0.15) is 38.9 Å². The van der Waals surface area contributed by atoms with Gasteiger partial charge in [-0.15, -0.1) is 12.4 Å². The molecule has 122 valence electrons. The molecular weight excluding hydrogens is 290 g/mol. The van der Waals surface area contributed by atoms with Gasteiger partial charge in [-0.05, 0) is 44.6 Å². The number of nitrogens with zero attached hydrogens (tertiary/aromatic N) is 1. The molecule has 0 spiro atoms. The summed E-state index contributed by atoms with van der Waals surface area (Å²) >= 11 is 0. The van der Waals surface area contributed by atoms with Crippen molar-refractivity contribution in [2.45, 2.75) is 39.3 Å². The lowest BCUT2D eigenvalue weighted by molar-refractivity contribution is 0.111. The number of methoxy groups -OCH3 is 2. The normalized spacial score (nSPS) is 13.5. The van der Waals surface area contributed by atoms with Crippen LogP contribution in [0.2, 0.25) is 0 Å². The van der Waals surface area contributed by atoms with Crippen LogP contribution in [0, 0.1) is 0 Å². The minimum atomic E-state index is -0.560. The van der Waals surface area contributed by atoms with Crippen LogP contribution in [0.15, 0.2) is 18.2 Å². The van der Waals surface area contributed by atoms with Gasteiger partial charge in [0.2, 0.25) is 0 Å². The number of halogens is 1. The van der Waals surface area contributed by atoms with Crippen LogP contribution >= 0.6 is 12.4 Å². The first kappa shape index (κ1) is 20.0. The molecule has 0 amide bonds. The molecule has 1 aromatic carbocycles. The Bertz CT molecular complexity index is 411. The lowest BCUT2D eigenvalue weighted by Gasteiger charge is -2.28. The lowest BCUT2D eigenvalue weighted by Crippen LogP contribution is -2.33. The zero-order chi connectivity index (χ0) is 15.1. The van der Waals surface area contributed by atoms with Crippen LogP contribution < -0.4 is 9.47 Å². The molecule has 0 aromatic heterocycles. The number of hydrogen-bond donors (Lipinski definition) is 1. The maximum Gasteiger partial charge on any atom is 0.124 e. The summed E-state index contributed by atoms with van der Waals surface area (Å²) in [7, 11) is 3.24. The van der Waals surface area contributed by atoms with Gasteiger partial charge in [-0.2, -0.15) is 0 Å². The maximum atomic E-state index is 10.5. The molecule has 1 aromatic rings. The summed E-state index contributed by atoms with van der Waals surface area (Å²) in [5, 5.41) is 10.5. The van der Waals surface area contributed by atoms with E-state index in [0.717, 1.165) is 24.4 Å². The minimum absolute atomic E-state index is 0. The van der Waals surface area contributed by atoms with Crippen molar-refractivity contribution in [3.63, 3.8) is 0 Å². The number of rotatable bonds is 8. The topological polar surface area (TPSA) is 41.9 Å². The van der Waals surface area contributed by atoms with Crippen molar-refractivity contribution in [2.24, 2.45) is 0 Å². The molecule has 0 aliphatic carbocycles. The Hall–Kier alpha value is -0.970. The van der Waals surface area contributed by atoms with E-state index in [1.165, 1.54) is 0 Å². The summed E-state index contributed by atoms with van der Waals surface area (Å²) in [5.74, 6) is 1.43. The molecule has 4 nitrogen and oxygen atoms in total. The molecule has 0 radical (unpaired) electrons. The second-order valence-corrected chi connectivity index (χ2v) is 4.93. The molecular formula is C16H28ClNO3. The third-order valence-electron chi connectivity index (χ3n) is 3.80. The van der Waals surface area contributed by atoms with Crippen molar-refractivity contribution < 1.29 is 14.6 Å². The third kappa shape index (κ3) is 5.38. The van der Waals surface area contributed by atoms with Crippen molar-refractivity contribution >= 4 is 12.4 Å². The van der Waals surface area contributed by atoms with Crippen LogP contribution in [0.3, 0.4) is 0 Å². The lowest BCUT2D eigenvalue weighted by atomic mass is 10.0. The Morgan fingerprint density at radius 1 is 1.14 bits per heavy atom. The highest BCUT2D eigenvalue weighted by Gasteiger charge is 2.20. The maximum absolute atomic E-state index is 10.5. The molecule has 0 bridgehead atoms. The Balaban J connectivity index is 0.00000400. The summed E-state index contributed by atoms with van der Waals surface area (Å²) in [6, 6.07) is 5.83. The average molecular weight is 318 g/mol. The smallest absolute Gasteiger partial charge is 0.124 e. The van der Waals surface area contributed by atoms with Gasteiger partial charge in [0.1, 0.15) is 11.5 Å². The molecule has 5 heteroatoms. The molecule has 2 atom stereocenters. The van der Waals surface area contributed by atoms with Crippen LogP contribution in [0.5, 0.6) is 11.5 Å². The highest BCUT2D eigenvalue weighted by Crippen LogP contribution is 2.32. The van der Waals surface area contributed by atoms with Crippen molar-refractivity contribution in [1.29, 1.82) is 0 Å². The Kier molecular flexibility index (Phi) is 9.42. The summed E-state index contributed by atoms with van der Waals surface area (Å²) in [4.78, 5) is 2.33. The minimum Gasteiger partial charge on any atom is -0.497 e. The van der Waals surface area contributed by atoms with E-state index in [-0.39, 0.29) is 12.4 Å². The van der Waals surface area contributed by atoms with Gasteiger partial charge >= 0.3 is 0 Å². The van der Waals surface area contributed by atoms with E-state index in [2.05, 4.69) is 25.7 Å². The van der Waals surface area contributed by atoms with Gasteiger partial charge in [-0.3, -0.25) is 0 Å². The predicted molar refractivity (Wildman–Crippen MR) is 88.8 cm³/mol. The van der Waals surface area contributed by atoms with E-state index in [1.54, 1.807) is 14.2 Å².